The molecule has 6 rings (SSSR count). The Balaban J connectivity index is 1.40. The van der Waals surface area contributed by atoms with Gasteiger partial charge in [-0.25, -0.2) is 14.6 Å². The molecule has 208 valence electrons. The zero-order chi connectivity index (χ0) is 28.0. The van der Waals surface area contributed by atoms with Crippen molar-refractivity contribution in [3.63, 3.8) is 0 Å². The van der Waals surface area contributed by atoms with Gasteiger partial charge in [0.2, 0.25) is 5.88 Å². The Labute approximate surface area is 237 Å². The summed E-state index contributed by atoms with van der Waals surface area (Å²) in [5.74, 6) is 1.28. The fourth-order valence-electron chi connectivity index (χ4n) is 5.72. The van der Waals surface area contributed by atoms with Gasteiger partial charge in [-0.3, -0.25) is 9.58 Å². The third-order valence-electron chi connectivity index (χ3n) is 8.10. The maximum absolute atomic E-state index is 12.4. The summed E-state index contributed by atoms with van der Waals surface area (Å²) in [6, 6.07) is 7.97. The van der Waals surface area contributed by atoms with E-state index in [0.29, 0.717) is 46.0 Å². The van der Waals surface area contributed by atoms with E-state index >= 15 is 0 Å². The van der Waals surface area contributed by atoms with Gasteiger partial charge in [-0.15, -0.1) is 5.10 Å². The van der Waals surface area contributed by atoms with Crippen molar-refractivity contribution in [2.75, 3.05) is 20.2 Å². The second-order valence-corrected chi connectivity index (χ2v) is 10.7. The number of likely N-dealkylation sites (tertiary alicyclic amines) is 1. The van der Waals surface area contributed by atoms with Crippen LogP contribution in [0.5, 0.6) is 5.88 Å². The van der Waals surface area contributed by atoms with E-state index < -0.39 is 5.60 Å². The van der Waals surface area contributed by atoms with Crippen LogP contribution < -0.4 is 4.74 Å². The van der Waals surface area contributed by atoms with Crippen LogP contribution in [0.3, 0.4) is 0 Å². The number of ether oxygens (including phenoxy) is 1. The first-order valence-corrected chi connectivity index (χ1v) is 13.6. The molecule has 5 heterocycles. The predicted octanol–water partition coefficient (Wildman–Crippen LogP) is 3.39. The average molecular weight is 562 g/mol. The lowest BCUT2D eigenvalue weighted by Crippen LogP contribution is -2.34. The maximum atomic E-state index is 12.4. The van der Waals surface area contributed by atoms with Crippen LogP contribution in [-0.4, -0.2) is 69.5 Å². The number of nitrogens with zero attached hydrogens (tertiary/aromatic N) is 9. The summed E-state index contributed by atoms with van der Waals surface area (Å²) >= 11 is 7.12. The molecule has 5 aromatic rings. The lowest BCUT2D eigenvalue weighted by Gasteiger charge is -2.32. The molecule has 0 radical (unpaired) electrons. The summed E-state index contributed by atoms with van der Waals surface area (Å²) in [6.45, 7) is 4.32. The van der Waals surface area contributed by atoms with E-state index in [2.05, 4.69) is 25.3 Å². The smallest absolute Gasteiger partial charge is 0.219 e. The van der Waals surface area contributed by atoms with Crippen molar-refractivity contribution in [3.8, 4) is 5.88 Å². The highest BCUT2D eigenvalue weighted by atomic mass is 35.5. The molecule has 4 aromatic heterocycles. The van der Waals surface area contributed by atoms with Crippen molar-refractivity contribution in [3.05, 3.63) is 82.4 Å². The molecule has 0 bridgehead atoms. The number of aromatic nitrogens is 8. The molecule has 1 atom stereocenters. The van der Waals surface area contributed by atoms with Gasteiger partial charge in [-0.1, -0.05) is 22.9 Å². The summed E-state index contributed by atoms with van der Waals surface area (Å²) in [6.07, 6.45) is 9.11. The van der Waals surface area contributed by atoms with Crippen LogP contribution in [0, 0.1) is 6.92 Å². The molecule has 1 saturated heterocycles. The van der Waals surface area contributed by atoms with Crippen molar-refractivity contribution in [2.45, 2.75) is 38.0 Å². The summed E-state index contributed by atoms with van der Waals surface area (Å²) in [4.78, 5) is 11.6. The lowest BCUT2D eigenvalue weighted by atomic mass is 9.86. The number of pyridine rings is 1. The van der Waals surface area contributed by atoms with Gasteiger partial charge in [0.15, 0.2) is 5.60 Å². The highest BCUT2D eigenvalue weighted by Crippen LogP contribution is 2.40. The summed E-state index contributed by atoms with van der Waals surface area (Å²) < 4.78 is 11.2. The van der Waals surface area contributed by atoms with Crippen LogP contribution in [0.15, 0.2) is 49.1 Å². The Hall–Kier alpha value is -3.80. The standard InChI is InChI=1S/C28H32ClN9O2/c1-18-30-15-24(35(18)2)28(39,25-16-31-34-36(25)3)19-6-7-23-21(14-19)26(29)22(27(33-23)40-4)17-37-12-8-20(9-13-37)38-11-5-10-32-38/h5-7,10-11,14-16,20,39H,8-9,12-13,17H2,1-4H3/t28-/m0/s1. The third-order valence-corrected chi connectivity index (χ3v) is 8.54. The number of aliphatic hydroxyl groups is 1. The Kier molecular flexibility index (Phi) is 6.81. The van der Waals surface area contributed by atoms with E-state index in [-0.39, 0.29) is 0 Å². The van der Waals surface area contributed by atoms with Gasteiger partial charge in [-0.2, -0.15) is 5.10 Å². The largest absolute Gasteiger partial charge is 0.481 e. The summed E-state index contributed by atoms with van der Waals surface area (Å²) in [5.41, 5.74) is 1.63. The first-order chi connectivity index (χ1) is 19.3. The molecule has 1 aliphatic rings. The number of piperidine rings is 1. The zero-order valence-corrected chi connectivity index (χ0v) is 23.7. The zero-order valence-electron chi connectivity index (χ0n) is 23.0. The minimum absolute atomic E-state index is 0.399. The molecule has 0 unspecified atom stereocenters. The highest BCUT2D eigenvalue weighted by Gasteiger charge is 2.40. The molecule has 12 heteroatoms. The molecule has 1 N–H and O–H groups in total. The lowest BCUT2D eigenvalue weighted by molar-refractivity contribution is 0.108. The van der Waals surface area contributed by atoms with Crippen LogP contribution in [0.4, 0.5) is 0 Å². The van der Waals surface area contributed by atoms with Crippen molar-refractivity contribution < 1.29 is 9.84 Å². The molecule has 0 aliphatic carbocycles. The minimum Gasteiger partial charge on any atom is -0.481 e. The Bertz CT molecular complexity index is 1650. The topological polar surface area (TPSA) is 112 Å². The number of imidazole rings is 1. The van der Waals surface area contributed by atoms with Crippen LogP contribution >= 0.6 is 11.6 Å². The van der Waals surface area contributed by atoms with Gasteiger partial charge < -0.3 is 14.4 Å². The van der Waals surface area contributed by atoms with Crippen LogP contribution in [0.2, 0.25) is 5.02 Å². The summed E-state index contributed by atoms with van der Waals surface area (Å²) in [5, 5.41) is 26.2. The molecule has 0 amide bonds. The van der Waals surface area contributed by atoms with Crippen molar-refractivity contribution in [2.24, 2.45) is 14.1 Å². The molecule has 40 heavy (non-hydrogen) atoms. The van der Waals surface area contributed by atoms with E-state index in [1.807, 2.05) is 59.9 Å². The number of rotatable bonds is 7. The van der Waals surface area contributed by atoms with Gasteiger partial charge in [0.25, 0.3) is 0 Å². The van der Waals surface area contributed by atoms with E-state index in [1.54, 1.807) is 31.2 Å². The number of aryl methyl sites for hydroxylation is 2. The fraction of sp³-hybridized carbons (Fsp3) is 0.393. The van der Waals surface area contributed by atoms with Crippen molar-refractivity contribution >= 4 is 22.5 Å². The second-order valence-electron chi connectivity index (χ2n) is 10.3. The predicted molar refractivity (Wildman–Crippen MR) is 150 cm³/mol. The number of benzene rings is 1. The van der Waals surface area contributed by atoms with Gasteiger partial charge in [0, 0.05) is 57.1 Å². The molecular formula is C28H32ClN9O2. The molecule has 1 aliphatic heterocycles. The molecular weight excluding hydrogens is 530 g/mol. The fourth-order valence-corrected chi connectivity index (χ4v) is 6.01. The molecule has 0 spiro atoms. The van der Waals surface area contributed by atoms with Crippen LogP contribution in [0.25, 0.3) is 10.9 Å². The molecule has 1 aromatic carbocycles. The van der Waals surface area contributed by atoms with Gasteiger partial charge in [0.1, 0.15) is 11.5 Å². The van der Waals surface area contributed by atoms with Crippen LogP contribution in [0.1, 0.15) is 47.2 Å². The monoisotopic (exact) mass is 561 g/mol. The van der Waals surface area contributed by atoms with E-state index in [4.69, 9.17) is 21.3 Å². The molecule has 1 fully saturated rings. The second kappa shape index (κ2) is 10.3. The van der Waals surface area contributed by atoms with E-state index in [1.165, 1.54) is 0 Å². The van der Waals surface area contributed by atoms with Crippen LogP contribution in [-0.2, 0) is 26.2 Å². The summed E-state index contributed by atoms with van der Waals surface area (Å²) in [7, 11) is 5.25. The SMILES string of the molecule is COc1nc2ccc([C@@](O)(c3cnnn3C)c3cnc(C)n3C)cc2c(Cl)c1CN1CCC(n2cccn2)CC1. The maximum Gasteiger partial charge on any atom is 0.219 e. The normalized spacial score (nSPS) is 16.4. The first-order valence-electron chi connectivity index (χ1n) is 13.3. The Morgan fingerprint density at radius 2 is 1.95 bits per heavy atom. The number of hydrogen-bond acceptors (Lipinski definition) is 8. The molecule has 0 saturated carbocycles. The van der Waals surface area contributed by atoms with Gasteiger partial charge >= 0.3 is 0 Å². The highest BCUT2D eigenvalue weighted by molar-refractivity contribution is 6.36. The minimum atomic E-state index is -1.58. The number of halogens is 1. The van der Waals surface area contributed by atoms with Gasteiger partial charge in [0.05, 0.1) is 41.8 Å². The van der Waals surface area contributed by atoms with E-state index in [0.717, 1.165) is 42.7 Å². The van der Waals surface area contributed by atoms with Gasteiger partial charge in [-0.05, 0) is 43.5 Å². The number of hydrogen-bond donors (Lipinski definition) is 1. The number of fused-ring (bicyclic) bond motifs is 1. The third kappa shape index (κ3) is 4.34. The van der Waals surface area contributed by atoms with E-state index in [9.17, 15) is 5.11 Å². The van der Waals surface area contributed by atoms with Crippen molar-refractivity contribution in [1.29, 1.82) is 0 Å². The number of methoxy groups -OCH3 is 1. The molecule has 11 nitrogen and oxygen atoms in total. The quantitative estimate of drug-likeness (QED) is 0.322. The average Bonchev–Trinajstić information content (AvgIpc) is 3.73. The Morgan fingerprint density at radius 1 is 1.15 bits per heavy atom. The van der Waals surface area contributed by atoms with Crippen molar-refractivity contribution in [1.82, 2.24) is 44.2 Å². The Morgan fingerprint density at radius 3 is 2.58 bits per heavy atom. The first kappa shape index (κ1) is 26.4.